The van der Waals surface area contributed by atoms with E-state index >= 15 is 0 Å². The van der Waals surface area contributed by atoms with Crippen molar-refractivity contribution in [2.75, 3.05) is 5.75 Å². The first-order valence-corrected chi connectivity index (χ1v) is 9.44. The Morgan fingerprint density at radius 2 is 2.08 bits per heavy atom. The van der Waals surface area contributed by atoms with Crippen molar-refractivity contribution in [1.82, 2.24) is 4.90 Å². The van der Waals surface area contributed by atoms with Crippen LogP contribution in [0.2, 0.25) is 0 Å². The molecule has 8 heteroatoms. The van der Waals surface area contributed by atoms with E-state index in [2.05, 4.69) is 4.85 Å². The van der Waals surface area contributed by atoms with Gasteiger partial charge in [0.1, 0.15) is 11.3 Å². The molecule has 0 radical (unpaired) electrons. The zero-order chi connectivity index (χ0) is 18.2. The number of hydrogen-bond acceptors (Lipinski definition) is 6. The minimum atomic E-state index is -0.817. The highest BCUT2D eigenvalue weighted by Gasteiger charge is 2.53. The lowest BCUT2D eigenvalue weighted by molar-refractivity contribution is -0.159. The van der Waals surface area contributed by atoms with Gasteiger partial charge >= 0.3 is 11.3 Å². The summed E-state index contributed by atoms with van der Waals surface area (Å²) in [7, 11) is 0. The molecular weight excluding hydrogens is 348 g/mol. The van der Waals surface area contributed by atoms with Crippen LogP contribution >= 0.6 is 23.5 Å². The van der Waals surface area contributed by atoms with Gasteiger partial charge in [-0.25, -0.2) is 11.4 Å². The molecule has 24 heavy (non-hydrogen) atoms. The van der Waals surface area contributed by atoms with Crippen LogP contribution in [0.15, 0.2) is 11.3 Å². The van der Waals surface area contributed by atoms with Crippen molar-refractivity contribution >= 4 is 40.5 Å². The standard InChI is InChI=1S/C16H20N2O4S2/c1-8-13(20)18-11(15(21)22-16(3,4)5)10(7-23-14(8)18)12(17-6)24-9(2)19/h8,12,14H,7H2,1-5H3/t8-,12?,14+/m0/s1. The van der Waals surface area contributed by atoms with Crippen LogP contribution in [0.3, 0.4) is 0 Å². The normalized spacial score (nSPS) is 24.7. The van der Waals surface area contributed by atoms with E-state index in [0.29, 0.717) is 11.3 Å². The van der Waals surface area contributed by atoms with E-state index in [0.717, 1.165) is 11.8 Å². The van der Waals surface area contributed by atoms with Crippen LogP contribution in [0, 0.1) is 12.5 Å². The highest BCUT2D eigenvalue weighted by molar-refractivity contribution is 8.14. The molecule has 1 amide bonds. The Balaban J connectivity index is 2.46. The SMILES string of the molecule is [C-]#[N+]C(SC(C)=O)C1=C(C(=O)OC(C)(C)C)N2C(=O)[C@H](C)[C@H]2SC1. The summed E-state index contributed by atoms with van der Waals surface area (Å²) >= 11 is 2.38. The molecule has 2 aliphatic rings. The number of amides is 1. The molecule has 0 aromatic heterocycles. The van der Waals surface area contributed by atoms with Gasteiger partial charge in [0.2, 0.25) is 5.91 Å². The number of thioether (sulfide) groups is 2. The number of rotatable bonds is 3. The maximum atomic E-state index is 12.7. The molecule has 0 aromatic carbocycles. The fourth-order valence-electron chi connectivity index (χ4n) is 2.54. The molecule has 0 N–H and O–H groups in total. The molecule has 130 valence electrons. The average Bonchev–Trinajstić information content (AvgIpc) is 2.48. The summed E-state index contributed by atoms with van der Waals surface area (Å²) < 4.78 is 5.45. The van der Waals surface area contributed by atoms with E-state index in [-0.39, 0.29) is 28.0 Å². The topological polar surface area (TPSA) is 68.0 Å². The van der Waals surface area contributed by atoms with E-state index < -0.39 is 16.9 Å². The summed E-state index contributed by atoms with van der Waals surface area (Å²) in [6.07, 6.45) is 0. The second-order valence-corrected chi connectivity index (χ2v) is 9.03. The maximum absolute atomic E-state index is 12.7. The lowest BCUT2D eigenvalue weighted by atomic mass is 9.97. The average molecular weight is 368 g/mol. The van der Waals surface area contributed by atoms with Crippen LogP contribution in [0.4, 0.5) is 0 Å². The minimum absolute atomic E-state index is 0.113. The number of hydrogen-bond donors (Lipinski definition) is 0. The number of esters is 1. The van der Waals surface area contributed by atoms with E-state index in [1.807, 2.05) is 6.92 Å². The highest BCUT2D eigenvalue weighted by atomic mass is 32.2. The number of fused-ring (bicyclic) bond motifs is 1. The summed E-state index contributed by atoms with van der Waals surface area (Å²) in [6, 6.07) is 0. The molecule has 0 aliphatic carbocycles. The maximum Gasteiger partial charge on any atom is 0.355 e. The first kappa shape index (κ1) is 18.9. The molecular formula is C16H20N2O4S2. The van der Waals surface area contributed by atoms with Gasteiger partial charge in [0, 0.05) is 24.4 Å². The van der Waals surface area contributed by atoms with Crippen molar-refractivity contribution in [2.45, 2.75) is 51.0 Å². The van der Waals surface area contributed by atoms with Crippen LogP contribution in [0.1, 0.15) is 34.6 Å². The fourth-order valence-corrected chi connectivity index (χ4v) is 4.76. The Morgan fingerprint density at radius 3 is 2.58 bits per heavy atom. The molecule has 6 nitrogen and oxygen atoms in total. The Hall–Kier alpha value is -1.46. The molecule has 2 rings (SSSR count). The molecule has 1 saturated heterocycles. The lowest BCUT2D eigenvalue weighted by Gasteiger charge is -2.48. The van der Waals surface area contributed by atoms with Crippen molar-refractivity contribution < 1.29 is 19.1 Å². The lowest BCUT2D eigenvalue weighted by Crippen LogP contribution is -2.61. The third kappa shape index (κ3) is 3.62. The summed E-state index contributed by atoms with van der Waals surface area (Å²) in [5, 5.41) is -1.14. The highest BCUT2D eigenvalue weighted by Crippen LogP contribution is 2.46. The third-order valence-corrected chi connectivity index (χ3v) is 5.93. The zero-order valence-corrected chi connectivity index (χ0v) is 15.9. The second-order valence-electron chi connectivity index (χ2n) is 6.67. The molecule has 1 unspecified atom stereocenters. The number of nitrogens with zero attached hydrogens (tertiary/aromatic N) is 2. The Morgan fingerprint density at radius 1 is 1.46 bits per heavy atom. The van der Waals surface area contributed by atoms with E-state index in [9.17, 15) is 14.4 Å². The molecule has 3 atom stereocenters. The fraction of sp³-hybridized carbons (Fsp3) is 0.625. The van der Waals surface area contributed by atoms with Crippen molar-refractivity contribution in [2.24, 2.45) is 5.92 Å². The molecule has 2 heterocycles. The van der Waals surface area contributed by atoms with Crippen molar-refractivity contribution in [3.05, 3.63) is 22.7 Å². The smallest absolute Gasteiger partial charge is 0.355 e. The van der Waals surface area contributed by atoms with Gasteiger partial charge in [0.15, 0.2) is 5.12 Å². The van der Waals surface area contributed by atoms with Crippen molar-refractivity contribution in [1.29, 1.82) is 0 Å². The van der Waals surface area contributed by atoms with Crippen LogP contribution in [-0.2, 0) is 19.1 Å². The second kappa shape index (κ2) is 6.81. The van der Waals surface area contributed by atoms with Gasteiger partial charge in [0.25, 0.3) is 0 Å². The van der Waals surface area contributed by atoms with Gasteiger partial charge in [-0.1, -0.05) is 6.92 Å². The molecule has 0 saturated carbocycles. The van der Waals surface area contributed by atoms with E-state index in [4.69, 9.17) is 11.3 Å². The predicted molar refractivity (Wildman–Crippen MR) is 93.8 cm³/mol. The summed E-state index contributed by atoms with van der Waals surface area (Å²) in [4.78, 5) is 41.3. The number of ether oxygens (including phenoxy) is 1. The Kier molecular flexibility index (Phi) is 5.35. The van der Waals surface area contributed by atoms with Gasteiger partial charge in [0.05, 0.1) is 16.9 Å². The van der Waals surface area contributed by atoms with Crippen molar-refractivity contribution in [3.8, 4) is 0 Å². The predicted octanol–water partition coefficient (Wildman–Crippen LogP) is 2.66. The Labute approximate surface area is 150 Å². The van der Waals surface area contributed by atoms with Gasteiger partial charge in [-0.05, 0) is 20.8 Å². The van der Waals surface area contributed by atoms with Gasteiger partial charge in [-0.2, -0.15) is 0 Å². The summed E-state index contributed by atoms with van der Waals surface area (Å²) in [5.74, 6) is -0.496. The van der Waals surface area contributed by atoms with Gasteiger partial charge in [-0.3, -0.25) is 19.3 Å². The number of β-lactam (4-membered cyclic amide) rings is 1. The van der Waals surface area contributed by atoms with Gasteiger partial charge in [-0.15, -0.1) is 11.8 Å². The van der Waals surface area contributed by atoms with E-state index in [1.54, 1.807) is 20.8 Å². The Bertz CT molecular complexity index is 660. The van der Waals surface area contributed by atoms with Gasteiger partial charge < -0.3 is 4.74 Å². The van der Waals surface area contributed by atoms with Crippen LogP contribution < -0.4 is 0 Å². The largest absolute Gasteiger partial charge is 0.455 e. The molecule has 2 aliphatic heterocycles. The zero-order valence-electron chi connectivity index (χ0n) is 14.3. The number of carbonyl (C=O) groups is 3. The molecule has 0 bridgehead atoms. The quantitative estimate of drug-likeness (QED) is 0.433. The third-order valence-electron chi connectivity index (χ3n) is 3.55. The number of carbonyl (C=O) groups excluding carboxylic acids is 3. The molecule has 0 aromatic rings. The van der Waals surface area contributed by atoms with Crippen molar-refractivity contribution in [3.63, 3.8) is 0 Å². The van der Waals surface area contributed by atoms with Crippen LogP contribution in [-0.4, -0.2) is 44.0 Å². The van der Waals surface area contributed by atoms with Crippen LogP contribution in [0.25, 0.3) is 4.85 Å². The first-order chi connectivity index (χ1) is 11.1. The monoisotopic (exact) mass is 368 g/mol. The summed E-state index contributed by atoms with van der Waals surface area (Å²) in [5.41, 5.74) is -0.0802. The summed E-state index contributed by atoms with van der Waals surface area (Å²) in [6.45, 7) is 15.8. The minimum Gasteiger partial charge on any atom is -0.455 e. The molecule has 0 spiro atoms. The van der Waals surface area contributed by atoms with E-state index in [1.165, 1.54) is 23.6 Å². The van der Waals surface area contributed by atoms with Crippen LogP contribution in [0.5, 0.6) is 0 Å². The molecule has 1 fully saturated rings. The first-order valence-electron chi connectivity index (χ1n) is 7.51.